The van der Waals surface area contributed by atoms with E-state index in [2.05, 4.69) is 77.7 Å². The van der Waals surface area contributed by atoms with Crippen LogP contribution >= 0.6 is 11.8 Å². The normalized spacial score (nSPS) is 11.9. The number of hydrogen-bond acceptors (Lipinski definition) is 6. The van der Waals surface area contributed by atoms with E-state index >= 15 is 0 Å². The molecule has 0 aliphatic rings. The molecule has 0 spiro atoms. The lowest BCUT2D eigenvalue weighted by Gasteiger charge is -2.10. The van der Waals surface area contributed by atoms with Gasteiger partial charge >= 0.3 is 0 Å². The number of aromatic nitrogens is 5. The van der Waals surface area contributed by atoms with Crippen LogP contribution in [0, 0.1) is 6.92 Å². The molecule has 0 aliphatic carbocycles. The molecule has 2 heterocycles. The summed E-state index contributed by atoms with van der Waals surface area (Å²) in [5.41, 5.74) is 2.15. The van der Waals surface area contributed by atoms with Crippen molar-refractivity contribution in [2.75, 3.05) is 0 Å². The van der Waals surface area contributed by atoms with Crippen molar-refractivity contribution in [3.05, 3.63) is 41.5 Å². The zero-order chi connectivity index (χ0) is 18.0. The van der Waals surface area contributed by atoms with Crippen LogP contribution in [0.2, 0.25) is 0 Å². The molecule has 3 rings (SSSR count). The molecule has 0 N–H and O–H groups in total. The molecule has 0 radical (unpaired) electrons. The standard InChI is InChI=1S/C18H23N5OS/c1-6-23-15(13-9-7-8-12(2)10-13)20-21-17(23)25-11-14-19-16(24-22-14)18(3,4)5/h7-10H,6,11H2,1-5H3. The first-order valence-electron chi connectivity index (χ1n) is 8.34. The molecule has 0 atom stereocenters. The molecule has 6 nitrogen and oxygen atoms in total. The molecule has 0 aliphatic heterocycles. The zero-order valence-electron chi connectivity index (χ0n) is 15.3. The molecule has 0 bridgehead atoms. The number of nitrogens with zero attached hydrogens (tertiary/aromatic N) is 5. The third kappa shape index (κ3) is 3.92. The minimum absolute atomic E-state index is 0.141. The van der Waals surface area contributed by atoms with Crippen LogP contribution in [-0.4, -0.2) is 24.9 Å². The van der Waals surface area contributed by atoms with Gasteiger partial charge in [0.05, 0.1) is 5.75 Å². The fourth-order valence-electron chi connectivity index (χ4n) is 2.42. The summed E-state index contributed by atoms with van der Waals surface area (Å²) in [6.07, 6.45) is 0. The van der Waals surface area contributed by atoms with Gasteiger partial charge in [-0.3, -0.25) is 0 Å². The molecule has 7 heteroatoms. The maximum atomic E-state index is 5.34. The first kappa shape index (κ1) is 17.7. The molecule has 0 saturated carbocycles. The van der Waals surface area contributed by atoms with Crippen LogP contribution in [-0.2, 0) is 17.7 Å². The van der Waals surface area contributed by atoms with Crippen molar-refractivity contribution in [2.45, 2.75) is 57.5 Å². The van der Waals surface area contributed by atoms with Gasteiger partial charge in [0.2, 0.25) is 5.89 Å². The van der Waals surface area contributed by atoms with E-state index in [1.165, 1.54) is 5.56 Å². The lowest BCUT2D eigenvalue weighted by Crippen LogP contribution is -2.11. The Balaban J connectivity index is 1.78. The van der Waals surface area contributed by atoms with E-state index in [0.29, 0.717) is 17.5 Å². The third-order valence-corrected chi connectivity index (χ3v) is 4.71. The minimum atomic E-state index is -0.141. The fraction of sp³-hybridized carbons (Fsp3) is 0.444. The molecule has 0 saturated heterocycles. The van der Waals surface area contributed by atoms with Crippen molar-refractivity contribution < 1.29 is 4.52 Å². The fourth-order valence-corrected chi connectivity index (χ4v) is 3.27. The SMILES string of the molecule is CCn1c(SCc2noc(C(C)(C)C)n2)nnc1-c1cccc(C)c1. The maximum absolute atomic E-state index is 5.34. The molecule has 2 aromatic heterocycles. The van der Waals surface area contributed by atoms with Crippen LogP contribution < -0.4 is 0 Å². The van der Waals surface area contributed by atoms with Gasteiger partial charge in [-0.2, -0.15) is 4.98 Å². The largest absolute Gasteiger partial charge is 0.339 e. The molecule has 25 heavy (non-hydrogen) atoms. The van der Waals surface area contributed by atoms with Crippen LogP contribution in [0.5, 0.6) is 0 Å². The topological polar surface area (TPSA) is 69.6 Å². The van der Waals surface area contributed by atoms with E-state index in [1.807, 2.05) is 6.07 Å². The second kappa shape index (κ2) is 7.00. The average molecular weight is 357 g/mol. The average Bonchev–Trinajstić information content (AvgIpc) is 3.19. The van der Waals surface area contributed by atoms with Gasteiger partial charge in [-0.25, -0.2) is 0 Å². The summed E-state index contributed by atoms with van der Waals surface area (Å²) < 4.78 is 7.46. The number of thioether (sulfide) groups is 1. The minimum Gasteiger partial charge on any atom is -0.339 e. The molecule has 0 fully saturated rings. The molecule has 0 unspecified atom stereocenters. The van der Waals surface area contributed by atoms with Crippen LogP contribution in [0.15, 0.2) is 33.9 Å². The van der Waals surface area contributed by atoms with E-state index in [9.17, 15) is 0 Å². The Bertz CT molecular complexity index is 862. The number of aryl methyl sites for hydroxylation is 1. The summed E-state index contributed by atoms with van der Waals surface area (Å²) in [6, 6.07) is 8.31. The van der Waals surface area contributed by atoms with Gasteiger partial charge in [0.15, 0.2) is 16.8 Å². The van der Waals surface area contributed by atoms with Crippen molar-refractivity contribution in [2.24, 2.45) is 0 Å². The van der Waals surface area contributed by atoms with Gasteiger partial charge in [0.25, 0.3) is 0 Å². The second-order valence-corrected chi connectivity index (χ2v) is 7.92. The van der Waals surface area contributed by atoms with Gasteiger partial charge in [-0.15, -0.1) is 10.2 Å². The van der Waals surface area contributed by atoms with E-state index in [4.69, 9.17) is 4.52 Å². The van der Waals surface area contributed by atoms with Gasteiger partial charge in [0, 0.05) is 17.5 Å². The van der Waals surface area contributed by atoms with Crippen molar-refractivity contribution in [3.63, 3.8) is 0 Å². The quantitative estimate of drug-likeness (QED) is 0.636. The van der Waals surface area contributed by atoms with Crippen LogP contribution in [0.1, 0.15) is 45.0 Å². The summed E-state index contributed by atoms with van der Waals surface area (Å²) in [5, 5.41) is 13.7. The lowest BCUT2D eigenvalue weighted by atomic mass is 9.97. The first-order valence-corrected chi connectivity index (χ1v) is 9.33. The van der Waals surface area contributed by atoms with E-state index in [1.54, 1.807) is 11.8 Å². The molecular formula is C18H23N5OS. The molecule has 132 valence electrons. The van der Waals surface area contributed by atoms with Gasteiger partial charge in [-0.1, -0.05) is 61.5 Å². The van der Waals surface area contributed by atoms with Crippen LogP contribution in [0.25, 0.3) is 11.4 Å². The third-order valence-electron chi connectivity index (χ3n) is 3.75. The first-order chi connectivity index (χ1) is 11.9. The molecule has 1 aromatic carbocycles. The predicted molar refractivity (Wildman–Crippen MR) is 98.4 cm³/mol. The Labute approximate surface area is 152 Å². The Morgan fingerprint density at radius 3 is 2.64 bits per heavy atom. The van der Waals surface area contributed by atoms with Crippen molar-refractivity contribution in [1.82, 2.24) is 24.9 Å². The summed E-state index contributed by atoms with van der Waals surface area (Å²) in [4.78, 5) is 4.47. The Hall–Kier alpha value is -2.15. The monoisotopic (exact) mass is 357 g/mol. The van der Waals surface area contributed by atoms with Crippen molar-refractivity contribution in [1.29, 1.82) is 0 Å². The van der Waals surface area contributed by atoms with E-state index in [0.717, 1.165) is 23.1 Å². The van der Waals surface area contributed by atoms with Gasteiger partial charge in [-0.05, 0) is 19.9 Å². The van der Waals surface area contributed by atoms with E-state index < -0.39 is 0 Å². The van der Waals surface area contributed by atoms with Crippen molar-refractivity contribution in [3.8, 4) is 11.4 Å². The summed E-state index contributed by atoms with van der Waals surface area (Å²) >= 11 is 1.57. The van der Waals surface area contributed by atoms with E-state index in [-0.39, 0.29) is 5.41 Å². The van der Waals surface area contributed by atoms with Gasteiger partial charge in [0.1, 0.15) is 0 Å². The molecule has 3 aromatic rings. The Kier molecular flexibility index (Phi) is 4.94. The van der Waals surface area contributed by atoms with Crippen molar-refractivity contribution >= 4 is 11.8 Å². The lowest BCUT2D eigenvalue weighted by molar-refractivity contribution is 0.319. The summed E-state index contributed by atoms with van der Waals surface area (Å²) in [5.74, 6) is 2.82. The maximum Gasteiger partial charge on any atom is 0.232 e. The molecular weight excluding hydrogens is 334 g/mol. The predicted octanol–water partition coefficient (Wildman–Crippen LogP) is 4.25. The second-order valence-electron chi connectivity index (χ2n) is 6.97. The van der Waals surface area contributed by atoms with Crippen LogP contribution in [0.4, 0.5) is 0 Å². The number of benzene rings is 1. The highest BCUT2D eigenvalue weighted by molar-refractivity contribution is 7.98. The Morgan fingerprint density at radius 1 is 1.20 bits per heavy atom. The number of rotatable bonds is 5. The smallest absolute Gasteiger partial charge is 0.232 e. The molecule has 0 amide bonds. The highest BCUT2D eigenvalue weighted by Crippen LogP contribution is 2.27. The zero-order valence-corrected chi connectivity index (χ0v) is 16.1. The Morgan fingerprint density at radius 2 is 2.00 bits per heavy atom. The van der Waals surface area contributed by atoms with Gasteiger partial charge < -0.3 is 9.09 Å². The number of hydrogen-bond donors (Lipinski definition) is 0. The highest BCUT2D eigenvalue weighted by atomic mass is 32.2. The van der Waals surface area contributed by atoms with Crippen LogP contribution in [0.3, 0.4) is 0 Å². The summed E-state index contributed by atoms with van der Waals surface area (Å²) in [7, 11) is 0. The highest BCUT2D eigenvalue weighted by Gasteiger charge is 2.22. The summed E-state index contributed by atoms with van der Waals surface area (Å²) in [6.45, 7) is 11.1.